The third-order valence-corrected chi connectivity index (χ3v) is 4.39. The van der Waals surface area contributed by atoms with Crippen molar-refractivity contribution in [1.29, 1.82) is 0 Å². The second-order valence-electron chi connectivity index (χ2n) is 6.61. The molecule has 1 atom stereocenters. The molecular formula is C20H25N3O3. The molecule has 6 nitrogen and oxygen atoms in total. The number of carbonyl (C=O) groups excluding carboxylic acids is 1. The standard InChI is InChI=1S/C20H25N3O3/c1-14-13-19(22-16(3)21-14)26-18-9-11-23(12-10-18)20(24)15(2)25-17-7-5-4-6-8-17/h4-8,13,15,18H,9-12H2,1-3H3. The number of benzene rings is 1. The van der Waals surface area contributed by atoms with E-state index in [4.69, 9.17) is 9.47 Å². The predicted octanol–water partition coefficient (Wildman–Crippen LogP) is 2.93. The number of aromatic nitrogens is 2. The first-order chi connectivity index (χ1) is 12.5. The first kappa shape index (κ1) is 18.2. The van der Waals surface area contributed by atoms with Crippen molar-refractivity contribution in [2.75, 3.05) is 13.1 Å². The van der Waals surface area contributed by atoms with Crippen molar-refractivity contribution in [2.45, 2.75) is 45.8 Å². The summed E-state index contributed by atoms with van der Waals surface area (Å²) in [5.74, 6) is 2.04. The lowest BCUT2D eigenvalue weighted by molar-refractivity contribution is -0.139. The number of ether oxygens (including phenoxy) is 2. The Morgan fingerprint density at radius 3 is 2.50 bits per heavy atom. The Morgan fingerprint density at radius 1 is 1.15 bits per heavy atom. The summed E-state index contributed by atoms with van der Waals surface area (Å²) in [5, 5.41) is 0. The summed E-state index contributed by atoms with van der Waals surface area (Å²) in [6.45, 7) is 6.90. The highest BCUT2D eigenvalue weighted by Crippen LogP contribution is 2.19. The van der Waals surface area contributed by atoms with Crippen LogP contribution in [0.4, 0.5) is 0 Å². The maximum absolute atomic E-state index is 12.6. The Labute approximate surface area is 154 Å². The van der Waals surface area contributed by atoms with Gasteiger partial charge in [0.1, 0.15) is 17.7 Å². The summed E-state index contributed by atoms with van der Waals surface area (Å²) < 4.78 is 11.7. The number of hydrogen-bond donors (Lipinski definition) is 0. The lowest BCUT2D eigenvalue weighted by Crippen LogP contribution is -2.46. The van der Waals surface area contributed by atoms with E-state index in [0.29, 0.717) is 30.5 Å². The van der Waals surface area contributed by atoms with Crippen LogP contribution in [0.2, 0.25) is 0 Å². The molecule has 1 aromatic carbocycles. The van der Waals surface area contributed by atoms with Crippen LogP contribution < -0.4 is 9.47 Å². The summed E-state index contributed by atoms with van der Waals surface area (Å²) in [6.07, 6.45) is 1.14. The van der Waals surface area contributed by atoms with Gasteiger partial charge in [-0.2, -0.15) is 4.98 Å². The normalized spacial score (nSPS) is 16.2. The predicted molar refractivity (Wildman–Crippen MR) is 98.3 cm³/mol. The molecule has 1 aromatic heterocycles. The zero-order valence-electron chi connectivity index (χ0n) is 15.5. The number of hydrogen-bond acceptors (Lipinski definition) is 5. The third-order valence-electron chi connectivity index (χ3n) is 4.39. The summed E-state index contributed by atoms with van der Waals surface area (Å²) >= 11 is 0. The maximum atomic E-state index is 12.6. The maximum Gasteiger partial charge on any atom is 0.263 e. The molecule has 0 saturated carbocycles. The van der Waals surface area contributed by atoms with Gasteiger partial charge >= 0.3 is 0 Å². The van der Waals surface area contributed by atoms with Crippen molar-refractivity contribution in [1.82, 2.24) is 14.9 Å². The van der Waals surface area contributed by atoms with E-state index in [1.165, 1.54) is 0 Å². The van der Waals surface area contributed by atoms with E-state index < -0.39 is 6.10 Å². The van der Waals surface area contributed by atoms with E-state index in [9.17, 15) is 4.79 Å². The van der Waals surface area contributed by atoms with Gasteiger partial charge < -0.3 is 14.4 Å². The van der Waals surface area contributed by atoms with Gasteiger partial charge in [0.2, 0.25) is 5.88 Å². The van der Waals surface area contributed by atoms with E-state index >= 15 is 0 Å². The van der Waals surface area contributed by atoms with Gasteiger partial charge in [0.15, 0.2) is 6.10 Å². The van der Waals surface area contributed by atoms with Crippen LogP contribution in [0.1, 0.15) is 31.3 Å². The van der Waals surface area contributed by atoms with Gasteiger partial charge in [0.05, 0.1) is 0 Å². The van der Waals surface area contributed by atoms with E-state index in [1.807, 2.05) is 55.1 Å². The zero-order valence-corrected chi connectivity index (χ0v) is 15.5. The van der Waals surface area contributed by atoms with Gasteiger partial charge in [0, 0.05) is 37.7 Å². The van der Waals surface area contributed by atoms with E-state index in [0.717, 1.165) is 18.5 Å². The number of aryl methyl sites for hydroxylation is 2. The number of rotatable bonds is 5. The quantitative estimate of drug-likeness (QED) is 0.825. The molecule has 2 aromatic rings. The average molecular weight is 355 g/mol. The molecule has 0 N–H and O–H groups in total. The van der Waals surface area contributed by atoms with E-state index in [1.54, 1.807) is 6.92 Å². The minimum absolute atomic E-state index is 0.0148. The lowest BCUT2D eigenvalue weighted by atomic mass is 10.1. The Bertz CT molecular complexity index is 723. The molecule has 2 heterocycles. The second-order valence-corrected chi connectivity index (χ2v) is 6.61. The largest absolute Gasteiger partial charge is 0.481 e. The molecule has 1 unspecified atom stereocenters. The van der Waals surface area contributed by atoms with Crippen LogP contribution in [0.15, 0.2) is 36.4 Å². The van der Waals surface area contributed by atoms with Crippen molar-refractivity contribution in [2.24, 2.45) is 0 Å². The molecule has 6 heteroatoms. The van der Waals surface area contributed by atoms with E-state index in [2.05, 4.69) is 9.97 Å². The van der Waals surface area contributed by atoms with Crippen LogP contribution in [0.3, 0.4) is 0 Å². The molecule has 1 aliphatic rings. The van der Waals surface area contributed by atoms with Crippen molar-refractivity contribution in [3.8, 4) is 11.6 Å². The highest BCUT2D eigenvalue weighted by atomic mass is 16.5. The first-order valence-electron chi connectivity index (χ1n) is 9.00. The molecule has 1 fully saturated rings. The number of piperidine rings is 1. The van der Waals surface area contributed by atoms with Crippen molar-refractivity contribution >= 4 is 5.91 Å². The molecule has 1 amide bonds. The van der Waals surface area contributed by atoms with Crippen LogP contribution >= 0.6 is 0 Å². The molecule has 1 aliphatic heterocycles. The number of likely N-dealkylation sites (tertiary alicyclic amines) is 1. The van der Waals surface area contributed by atoms with Crippen LogP contribution in [0, 0.1) is 13.8 Å². The van der Waals surface area contributed by atoms with E-state index in [-0.39, 0.29) is 12.0 Å². The third kappa shape index (κ3) is 4.71. The molecular weight excluding hydrogens is 330 g/mol. The molecule has 0 aliphatic carbocycles. The van der Waals surface area contributed by atoms with Gasteiger partial charge in [-0.1, -0.05) is 18.2 Å². The second kappa shape index (κ2) is 8.17. The minimum Gasteiger partial charge on any atom is -0.481 e. The smallest absolute Gasteiger partial charge is 0.263 e. The van der Waals surface area contributed by atoms with Crippen LogP contribution in [-0.2, 0) is 4.79 Å². The van der Waals surface area contributed by atoms with Crippen LogP contribution in [0.5, 0.6) is 11.6 Å². The fourth-order valence-electron chi connectivity index (χ4n) is 3.12. The number of carbonyl (C=O) groups is 1. The van der Waals surface area contributed by atoms with Gasteiger partial charge in [0.25, 0.3) is 5.91 Å². The van der Waals surface area contributed by atoms with Gasteiger partial charge in [-0.25, -0.2) is 4.98 Å². The van der Waals surface area contributed by atoms with Crippen molar-refractivity contribution in [3.63, 3.8) is 0 Å². The molecule has 0 bridgehead atoms. The average Bonchev–Trinajstić information content (AvgIpc) is 2.62. The molecule has 26 heavy (non-hydrogen) atoms. The monoisotopic (exact) mass is 355 g/mol. The molecule has 1 saturated heterocycles. The van der Waals surface area contributed by atoms with Crippen molar-refractivity contribution in [3.05, 3.63) is 47.9 Å². The molecule has 0 radical (unpaired) electrons. The number of amides is 1. The minimum atomic E-state index is -0.498. The summed E-state index contributed by atoms with van der Waals surface area (Å²) in [6, 6.07) is 11.3. The Morgan fingerprint density at radius 2 is 1.85 bits per heavy atom. The summed E-state index contributed by atoms with van der Waals surface area (Å²) in [5.41, 5.74) is 0.895. The Hall–Kier alpha value is -2.63. The highest BCUT2D eigenvalue weighted by Gasteiger charge is 2.28. The van der Waals surface area contributed by atoms with Gasteiger partial charge in [-0.05, 0) is 32.9 Å². The van der Waals surface area contributed by atoms with Crippen molar-refractivity contribution < 1.29 is 14.3 Å². The SMILES string of the molecule is Cc1cc(OC2CCN(C(=O)C(C)Oc3ccccc3)CC2)nc(C)n1. The number of nitrogens with zero attached hydrogens (tertiary/aromatic N) is 3. The molecule has 0 spiro atoms. The Kier molecular flexibility index (Phi) is 5.71. The topological polar surface area (TPSA) is 64.5 Å². The van der Waals surface area contributed by atoms with Crippen LogP contribution in [0.25, 0.3) is 0 Å². The summed E-state index contributed by atoms with van der Waals surface area (Å²) in [4.78, 5) is 23.0. The first-order valence-corrected chi connectivity index (χ1v) is 9.00. The van der Waals surface area contributed by atoms with Gasteiger partial charge in [-0.15, -0.1) is 0 Å². The van der Waals surface area contributed by atoms with Crippen LogP contribution in [-0.4, -0.2) is 46.1 Å². The Balaban J connectivity index is 1.50. The number of para-hydroxylation sites is 1. The lowest BCUT2D eigenvalue weighted by Gasteiger charge is -2.33. The molecule has 3 rings (SSSR count). The fraction of sp³-hybridized carbons (Fsp3) is 0.450. The zero-order chi connectivity index (χ0) is 18.5. The van der Waals surface area contributed by atoms with Gasteiger partial charge in [-0.3, -0.25) is 4.79 Å². The summed E-state index contributed by atoms with van der Waals surface area (Å²) in [7, 11) is 0. The fourth-order valence-corrected chi connectivity index (χ4v) is 3.12. The molecule has 138 valence electrons. The highest BCUT2D eigenvalue weighted by molar-refractivity contribution is 5.81.